The SMILES string of the molecule is [B]N1CCCC(/C(C#N)=C/O)C1. The highest BCUT2D eigenvalue weighted by Gasteiger charge is 2.20. The number of hydrogen-bond acceptors (Lipinski definition) is 3. The van der Waals surface area contributed by atoms with Crippen molar-refractivity contribution in [2.45, 2.75) is 12.8 Å². The van der Waals surface area contributed by atoms with E-state index in [9.17, 15) is 0 Å². The first kappa shape index (κ1) is 9.15. The van der Waals surface area contributed by atoms with E-state index in [0.29, 0.717) is 12.1 Å². The van der Waals surface area contributed by atoms with Crippen molar-refractivity contribution in [3.8, 4) is 6.07 Å². The third-order valence-corrected chi connectivity index (χ3v) is 2.16. The van der Waals surface area contributed by atoms with Crippen LogP contribution in [0, 0.1) is 17.2 Å². The lowest BCUT2D eigenvalue weighted by molar-refractivity contribution is 0.302. The fraction of sp³-hybridized carbons (Fsp3) is 0.625. The zero-order valence-electron chi connectivity index (χ0n) is 6.90. The van der Waals surface area contributed by atoms with Crippen LogP contribution < -0.4 is 0 Å². The lowest BCUT2D eigenvalue weighted by Gasteiger charge is -2.29. The van der Waals surface area contributed by atoms with Crippen molar-refractivity contribution in [1.29, 1.82) is 5.26 Å². The Labute approximate surface area is 73.7 Å². The molecule has 12 heavy (non-hydrogen) atoms. The fourth-order valence-electron chi connectivity index (χ4n) is 1.49. The third kappa shape index (κ3) is 2.02. The second kappa shape index (κ2) is 4.17. The highest BCUT2D eigenvalue weighted by atomic mass is 16.2. The van der Waals surface area contributed by atoms with Crippen molar-refractivity contribution in [2.75, 3.05) is 13.1 Å². The minimum absolute atomic E-state index is 0.110. The zero-order valence-corrected chi connectivity index (χ0v) is 6.90. The molecule has 0 aromatic heterocycles. The van der Waals surface area contributed by atoms with Crippen molar-refractivity contribution < 1.29 is 5.11 Å². The number of hydrogen-bond donors (Lipinski definition) is 1. The first-order valence-corrected chi connectivity index (χ1v) is 4.02. The second-order valence-electron chi connectivity index (χ2n) is 3.03. The molecule has 0 aromatic carbocycles. The van der Waals surface area contributed by atoms with Crippen molar-refractivity contribution in [3.05, 3.63) is 11.8 Å². The highest BCUT2D eigenvalue weighted by Crippen LogP contribution is 2.21. The Balaban J connectivity index is 2.57. The molecule has 0 aliphatic carbocycles. The summed E-state index contributed by atoms with van der Waals surface area (Å²) in [5.41, 5.74) is 0.435. The molecule has 0 spiro atoms. The maximum atomic E-state index is 8.72. The van der Waals surface area contributed by atoms with E-state index in [0.717, 1.165) is 25.6 Å². The summed E-state index contributed by atoms with van der Waals surface area (Å²) in [5.74, 6) is 0.110. The predicted molar refractivity (Wildman–Crippen MR) is 46.4 cm³/mol. The molecule has 1 N–H and O–H groups in total. The molecule has 3 nitrogen and oxygen atoms in total. The summed E-state index contributed by atoms with van der Waals surface area (Å²) in [6.45, 7) is 1.54. The van der Waals surface area contributed by atoms with Gasteiger partial charge in [0.05, 0.1) is 17.9 Å². The molecule has 1 heterocycles. The summed E-state index contributed by atoms with van der Waals surface area (Å²) in [7, 11) is 5.59. The van der Waals surface area contributed by atoms with Crippen LogP contribution in [0.25, 0.3) is 0 Å². The van der Waals surface area contributed by atoms with E-state index in [2.05, 4.69) is 0 Å². The number of nitrogens with zero attached hydrogens (tertiary/aromatic N) is 2. The van der Waals surface area contributed by atoms with Crippen molar-refractivity contribution in [3.63, 3.8) is 0 Å². The first-order chi connectivity index (χ1) is 5.77. The molecule has 1 unspecified atom stereocenters. The summed E-state index contributed by atoms with van der Waals surface area (Å²) in [4.78, 5) is 1.69. The Hall–Kier alpha value is -0.945. The molecule has 1 saturated heterocycles. The van der Waals surface area contributed by atoms with Gasteiger partial charge in [0.1, 0.15) is 0 Å². The van der Waals surface area contributed by atoms with E-state index in [1.807, 2.05) is 6.07 Å². The fourth-order valence-corrected chi connectivity index (χ4v) is 1.49. The average Bonchev–Trinajstić information content (AvgIpc) is 2.07. The van der Waals surface area contributed by atoms with Gasteiger partial charge in [0.25, 0.3) is 0 Å². The number of rotatable bonds is 1. The normalized spacial score (nSPS) is 26.6. The molecule has 62 valence electrons. The van der Waals surface area contributed by atoms with E-state index in [1.165, 1.54) is 0 Å². The van der Waals surface area contributed by atoms with Gasteiger partial charge in [-0.2, -0.15) is 5.26 Å². The van der Waals surface area contributed by atoms with E-state index in [1.54, 1.807) is 4.81 Å². The monoisotopic (exact) mass is 162 g/mol. The number of aliphatic hydroxyl groups is 1. The van der Waals surface area contributed by atoms with Crippen LogP contribution in [0.1, 0.15) is 12.8 Å². The van der Waals surface area contributed by atoms with Crippen LogP contribution in [0.2, 0.25) is 0 Å². The third-order valence-electron chi connectivity index (χ3n) is 2.16. The molecule has 0 saturated carbocycles. The lowest BCUT2D eigenvalue weighted by atomic mass is 9.90. The van der Waals surface area contributed by atoms with Crippen molar-refractivity contribution >= 4 is 7.98 Å². The number of nitriles is 1. The predicted octanol–water partition coefficient (Wildman–Crippen LogP) is 0.747. The molecule has 0 bridgehead atoms. The van der Waals surface area contributed by atoms with E-state index < -0.39 is 0 Å². The van der Waals surface area contributed by atoms with Crippen LogP contribution in [0.5, 0.6) is 0 Å². The van der Waals surface area contributed by atoms with Crippen LogP contribution in [0.3, 0.4) is 0 Å². The Kier molecular flexibility index (Phi) is 3.18. The molecule has 2 radical (unpaired) electrons. The Bertz CT molecular complexity index is 222. The van der Waals surface area contributed by atoms with Gasteiger partial charge in [-0.15, -0.1) is 0 Å². The Morgan fingerprint density at radius 1 is 1.75 bits per heavy atom. The smallest absolute Gasteiger partial charge is 0.182 e. The summed E-state index contributed by atoms with van der Waals surface area (Å²) in [6.07, 6.45) is 2.82. The molecule has 1 fully saturated rings. The molecular weight excluding hydrogens is 151 g/mol. The van der Waals surface area contributed by atoms with Gasteiger partial charge in [-0.1, -0.05) is 0 Å². The minimum Gasteiger partial charge on any atom is -0.515 e. The van der Waals surface area contributed by atoms with Gasteiger partial charge >= 0.3 is 0 Å². The summed E-state index contributed by atoms with van der Waals surface area (Å²) in [5, 5.41) is 17.3. The topological polar surface area (TPSA) is 47.3 Å². The van der Waals surface area contributed by atoms with E-state index in [4.69, 9.17) is 18.3 Å². The second-order valence-corrected chi connectivity index (χ2v) is 3.03. The van der Waals surface area contributed by atoms with Crippen LogP contribution in [0.4, 0.5) is 0 Å². The molecule has 0 amide bonds. The molecule has 4 heteroatoms. The largest absolute Gasteiger partial charge is 0.515 e. The standard InChI is InChI=1S/C8H11BN2O/c9-11-3-1-2-7(5-11)8(4-10)6-12/h6-7,12H,1-3,5H2/b8-6+. The number of aliphatic hydroxyl groups excluding tert-OH is 1. The van der Waals surface area contributed by atoms with Gasteiger partial charge in [0.15, 0.2) is 7.98 Å². The van der Waals surface area contributed by atoms with Gasteiger partial charge < -0.3 is 9.92 Å². The van der Waals surface area contributed by atoms with Gasteiger partial charge in [-0.3, -0.25) is 0 Å². The quantitative estimate of drug-likeness (QED) is 0.351. The molecule has 0 aromatic rings. The number of piperidine rings is 1. The van der Waals surface area contributed by atoms with Gasteiger partial charge in [-0.05, 0) is 25.9 Å². The van der Waals surface area contributed by atoms with Crippen molar-refractivity contribution in [1.82, 2.24) is 4.81 Å². The maximum Gasteiger partial charge on any atom is 0.182 e. The highest BCUT2D eigenvalue weighted by molar-refractivity contribution is 6.04. The zero-order chi connectivity index (χ0) is 8.97. The van der Waals surface area contributed by atoms with Gasteiger partial charge in [-0.25, -0.2) is 0 Å². The summed E-state index contributed by atoms with van der Waals surface area (Å²) in [6, 6.07) is 1.97. The van der Waals surface area contributed by atoms with Gasteiger partial charge in [0, 0.05) is 5.92 Å². The van der Waals surface area contributed by atoms with Gasteiger partial charge in [0.2, 0.25) is 0 Å². The molecule has 1 aliphatic heterocycles. The Morgan fingerprint density at radius 3 is 3.00 bits per heavy atom. The first-order valence-electron chi connectivity index (χ1n) is 4.02. The van der Waals surface area contributed by atoms with Crippen molar-refractivity contribution in [2.24, 2.45) is 5.92 Å². The van der Waals surface area contributed by atoms with Crippen LogP contribution >= 0.6 is 0 Å². The maximum absolute atomic E-state index is 8.72. The molecular formula is C8H11BN2O. The Morgan fingerprint density at radius 2 is 2.50 bits per heavy atom. The van der Waals surface area contributed by atoms with Crippen LogP contribution in [0.15, 0.2) is 11.8 Å². The van der Waals surface area contributed by atoms with Crippen LogP contribution in [-0.2, 0) is 0 Å². The molecule has 1 aliphatic rings. The lowest BCUT2D eigenvalue weighted by Crippen LogP contribution is -2.33. The van der Waals surface area contributed by atoms with E-state index >= 15 is 0 Å². The molecule has 1 atom stereocenters. The minimum atomic E-state index is 0.110. The van der Waals surface area contributed by atoms with E-state index in [-0.39, 0.29) is 5.92 Å². The summed E-state index contributed by atoms with van der Waals surface area (Å²) >= 11 is 0. The molecule has 1 rings (SSSR count). The summed E-state index contributed by atoms with van der Waals surface area (Å²) < 4.78 is 0. The average molecular weight is 162 g/mol. The van der Waals surface area contributed by atoms with Crippen LogP contribution in [-0.4, -0.2) is 31.0 Å².